The minimum atomic E-state index is -0.772. The van der Waals surface area contributed by atoms with Gasteiger partial charge in [0, 0.05) is 20.6 Å². The van der Waals surface area contributed by atoms with Crippen molar-refractivity contribution in [2.24, 2.45) is 20.0 Å². The lowest BCUT2D eigenvalue weighted by molar-refractivity contribution is 0.108. The number of nitrogens with one attached hydrogen (secondary N) is 2. The first-order valence-electron chi connectivity index (χ1n) is 11.0. The van der Waals surface area contributed by atoms with E-state index in [1.165, 1.54) is 18.4 Å². The number of ether oxygens (including phenoxy) is 1. The summed E-state index contributed by atoms with van der Waals surface area (Å²) in [5.41, 5.74) is 3.51. The van der Waals surface area contributed by atoms with Crippen molar-refractivity contribution >= 4 is 11.0 Å². The minimum absolute atomic E-state index is 0.0804. The highest BCUT2D eigenvalue weighted by molar-refractivity contribution is 5.76. The van der Waals surface area contributed by atoms with E-state index in [9.17, 15) is 9.90 Å². The van der Waals surface area contributed by atoms with Gasteiger partial charge in [-0.3, -0.25) is 9.13 Å². The van der Waals surface area contributed by atoms with Crippen LogP contribution in [0.4, 0.5) is 0 Å². The molecule has 0 aliphatic carbocycles. The second-order valence-electron chi connectivity index (χ2n) is 8.44. The van der Waals surface area contributed by atoms with Gasteiger partial charge in [-0.2, -0.15) is 0 Å². The van der Waals surface area contributed by atoms with Gasteiger partial charge < -0.3 is 20.5 Å². The molecule has 0 unspecified atom stereocenters. The van der Waals surface area contributed by atoms with Crippen molar-refractivity contribution in [1.29, 1.82) is 0 Å². The van der Waals surface area contributed by atoms with E-state index in [0.717, 1.165) is 54.4 Å². The molecule has 1 aromatic heterocycles. The molecule has 0 radical (unpaired) electrons. The van der Waals surface area contributed by atoms with Gasteiger partial charge in [-0.15, -0.1) is 0 Å². The van der Waals surface area contributed by atoms with Gasteiger partial charge in [0.15, 0.2) is 0 Å². The number of aliphatic hydroxyl groups excluding tert-OH is 1. The first kappa shape index (κ1) is 21.6. The summed E-state index contributed by atoms with van der Waals surface area (Å²) in [5.74, 6) is 1.50. The molecule has 1 saturated heterocycles. The van der Waals surface area contributed by atoms with E-state index in [1.54, 1.807) is 23.2 Å². The highest BCUT2D eigenvalue weighted by Gasteiger charge is 2.14. The monoisotopic (exact) mass is 424 g/mol. The van der Waals surface area contributed by atoms with Crippen LogP contribution in [0.15, 0.2) is 47.3 Å². The maximum absolute atomic E-state index is 12.1. The van der Waals surface area contributed by atoms with Gasteiger partial charge in [-0.05, 0) is 73.8 Å². The van der Waals surface area contributed by atoms with E-state index in [1.807, 2.05) is 30.3 Å². The lowest BCUT2D eigenvalue weighted by atomic mass is 9.98. The zero-order chi connectivity index (χ0) is 21.8. The van der Waals surface area contributed by atoms with Crippen molar-refractivity contribution in [2.45, 2.75) is 25.5 Å². The zero-order valence-electron chi connectivity index (χ0n) is 18.3. The summed E-state index contributed by atoms with van der Waals surface area (Å²) in [6.45, 7) is 4.31. The van der Waals surface area contributed by atoms with Crippen LogP contribution in [0.3, 0.4) is 0 Å². The van der Waals surface area contributed by atoms with E-state index < -0.39 is 6.10 Å². The highest BCUT2D eigenvalue weighted by Crippen LogP contribution is 2.21. The number of imidazole rings is 1. The van der Waals surface area contributed by atoms with Crippen LogP contribution in [-0.4, -0.2) is 40.5 Å². The predicted octanol–water partition coefficient (Wildman–Crippen LogP) is 2.08. The van der Waals surface area contributed by atoms with Crippen molar-refractivity contribution in [1.82, 2.24) is 19.8 Å². The lowest BCUT2D eigenvalue weighted by Gasteiger charge is -2.22. The molecular weight excluding hydrogens is 392 g/mol. The number of aromatic nitrogens is 2. The third-order valence-corrected chi connectivity index (χ3v) is 6.23. The first-order chi connectivity index (χ1) is 15.0. The SMILES string of the molecule is Cn1c(=O)n(C)c2cc([C@H](O)COc3ccc(CNCC4CCNCC4)cc3)ccc21. The van der Waals surface area contributed by atoms with Gasteiger partial charge in [0.25, 0.3) is 0 Å². The number of nitrogens with zero attached hydrogens (tertiary/aromatic N) is 2. The topological polar surface area (TPSA) is 80.5 Å². The maximum Gasteiger partial charge on any atom is 0.328 e. The molecular formula is C24H32N4O3. The van der Waals surface area contributed by atoms with Crippen molar-refractivity contribution in [2.75, 3.05) is 26.2 Å². The lowest BCUT2D eigenvalue weighted by Crippen LogP contribution is -2.33. The summed E-state index contributed by atoms with van der Waals surface area (Å²) in [6.07, 6.45) is 1.72. The highest BCUT2D eigenvalue weighted by atomic mass is 16.5. The number of benzene rings is 2. The summed E-state index contributed by atoms with van der Waals surface area (Å²) in [5, 5.41) is 17.5. The summed E-state index contributed by atoms with van der Waals surface area (Å²) < 4.78 is 8.99. The second-order valence-corrected chi connectivity index (χ2v) is 8.44. The fourth-order valence-electron chi connectivity index (χ4n) is 4.21. The Labute approximate surface area is 182 Å². The van der Waals surface area contributed by atoms with Gasteiger partial charge in [0.05, 0.1) is 11.0 Å². The quantitative estimate of drug-likeness (QED) is 0.516. The van der Waals surface area contributed by atoms with E-state index in [2.05, 4.69) is 22.8 Å². The molecule has 2 aromatic carbocycles. The molecule has 7 nitrogen and oxygen atoms in total. The van der Waals surface area contributed by atoms with Gasteiger partial charge in [0.1, 0.15) is 18.5 Å². The normalized spacial score (nSPS) is 16.0. The Kier molecular flexibility index (Phi) is 6.75. The number of rotatable bonds is 8. The van der Waals surface area contributed by atoms with Crippen LogP contribution in [0.25, 0.3) is 11.0 Å². The average molecular weight is 425 g/mol. The summed E-state index contributed by atoms with van der Waals surface area (Å²) >= 11 is 0. The van der Waals surface area contributed by atoms with Crippen LogP contribution < -0.4 is 21.1 Å². The number of fused-ring (bicyclic) bond motifs is 1. The van der Waals surface area contributed by atoms with E-state index in [4.69, 9.17) is 4.74 Å². The van der Waals surface area contributed by atoms with Crippen LogP contribution in [0, 0.1) is 5.92 Å². The fourth-order valence-corrected chi connectivity index (χ4v) is 4.21. The molecule has 166 valence electrons. The van der Waals surface area contributed by atoms with Gasteiger partial charge >= 0.3 is 5.69 Å². The van der Waals surface area contributed by atoms with Crippen molar-refractivity contribution in [3.63, 3.8) is 0 Å². The van der Waals surface area contributed by atoms with E-state index >= 15 is 0 Å². The van der Waals surface area contributed by atoms with Gasteiger partial charge in [-0.1, -0.05) is 18.2 Å². The second kappa shape index (κ2) is 9.68. The van der Waals surface area contributed by atoms with Crippen LogP contribution in [0.5, 0.6) is 5.75 Å². The molecule has 4 rings (SSSR count). The average Bonchev–Trinajstić information content (AvgIpc) is 3.02. The molecule has 7 heteroatoms. The third-order valence-electron chi connectivity index (χ3n) is 6.23. The number of aliphatic hydroxyl groups is 1. The largest absolute Gasteiger partial charge is 0.491 e. The van der Waals surface area contributed by atoms with Crippen LogP contribution in [0.1, 0.15) is 30.1 Å². The molecule has 1 aliphatic rings. The summed E-state index contributed by atoms with van der Waals surface area (Å²) in [4.78, 5) is 12.1. The Morgan fingerprint density at radius 1 is 1.10 bits per heavy atom. The smallest absolute Gasteiger partial charge is 0.328 e. The van der Waals surface area contributed by atoms with Crippen molar-refractivity contribution in [3.8, 4) is 5.75 Å². The van der Waals surface area contributed by atoms with Crippen LogP contribution in [0.2, 0.25) is 0 Å². The zero-order valence-corrected chi connectivity index (χ0v) is 18.3. The molecule has 1 fully saturated rings. The Morgan fingerprint density at radius 3 is 2.55 bits per heavy atom. The van der Waals surface area contributed by atoms with Crippen LogP contribution >= 0.6 is 0 Å². The summed E-state index contributed by atoms with van der Waals surface area (Å²) in [7, 11) is 3.48. The predicted molar refractivity (Wildman–Crippen MR) is 122 cm³/mol. The molecule has 3 aromatic rings. The first-order valence-corrected chi connectivity index (χ1v) is 11.0. The Bertz CT molecular complexity index is 1060. The number of hydrogen-bond acceptors (Lipinski definition) is 5. The number of aryl methyl sites for hydroxylation is 2. The number of piperidine rings is 1. The molecule has 0 spiro atoms. The molecule has 31 heavy (non-hydrogen) atoms. The molecule has 0 bridgehead atoms. The molecule has 2 heterocycles. The molecule has 0 saturated carbocycles. The van der Waals surface area contributed by atoms with Gasteiger partial charge in [-0.25, -0.2) is 4.79 Å². The maximum atomic E-state index is 12.1. The van der Waals surface area contributed by atoms with Crippen molar-refractivity contribution < 1.29 is 9.84 Å². The molecule has 1 aliphatic heterocycles. The number of hydrogen-bond donors (Lipinski definition) is 3. The fraction of sp³-hybridized carbons (Fsp3) is 0.458. The van der Waals surface area contributed by atoms with Crippen LogP contribution in [-0.2, 0) is 20.6 Å². The standard InChI is InChI=1S/C24H32N4O3/c1-27-21-8-5-19(13-22(21)28(2)24(27)30)23(29)16-31-20-6-3-17(4-7-20)14-26-15-18-9-11-25-12-10-18/h3-8,13,18,23,25-26,29H,9-12,14-16H2,1-2H3/t23-/m1/s1. The van der Waals surface area contributed by atoms with Gasteiger partial charge in [0.2, 0.25) is 0 Å². The molecule has 1 atom stereocenters. The Morgan fingerprint density at radius 2 is 1.81 bits per heavy atom. The van der Waals surface area contributed by atoms with E-state index in [-0.39, 0.29) is 12.3 Å². The molecule has 3 N–H and O–H groups in total. The minimum Gasteiger partial charge on any atom is -0.491 e. The Balaban J connectivity index is 1.29. The van der Waals surface area contributed by atoms with E-state index in [0.29, 0.717) is 0 Å². The third kappa shape index (κ3) is 5.01. The molecule has 0 amide bonds. The Hall–Kier alpha value is -2.61. The summed E-state index contributed by atoms with van der Waals surface area (Å²) in [6, 6.07) is 13.6. The van der Waals surface area contributed by atoms with Crippen molar-refractivity contribution in [3.05, 3.63) is 64.1 Å².